The number of likely N-dealkylation sites (tertiary alicyclic amines) is 1. The van der Waals surface area contributed by atoms with Gasteiger partial charge in [-0.25, -0.2) is 0 Å². The molecule has 3 unspecified atom stereocenters. The van der Waals surface area contributed by atoms with E-state index in [-0.39, 0.29) is 29.4 Å². The summed E-state index contributed by atoms with van der Waals surface area (Å²) in [6.07, 6.45) is 4.02. The summed E-state index contributed by atoms with van der Waals surface area (Å²) in [7, 11) is 0. The molecule has 1 saturated carbocycles. The van der Waals surface area contributed by atoms with Crippen LogP contribution in [0.2, 0.25) is 0 Å². The Morgan fingerprint density at radius 2 is 1.88 bits per heavy atom. The molecule has 0 radical (unpaired) electrons. The molecule has 3 aliphatic rings. The Bertz CT molecular complexity index is 474. The molecule has 152 valence electrons. The molecule has 0 aromatic rings. The molecule has 3 rings (SSSR count). The van der Waals surface area contributed by atoms with E-state index >= 15 is 0 Å². The van der Waals surface area contributed by atoms with Crippen LogP contribution in [0.3, 0.4) is 0 Å². The van der Waals surface area contributed by atoms with Crippen molar-refractivity contribution in [3.05, 3.63) is 0 Å². The van der Waals surface area contributed by atoms with Gasteiger partial charge in [-0.05, 0) is 32.1 Å². The molecule has 0 bridgehead atoms. The van der Waals surface area contributed by atoms with Crippen LogP contribution >= 0.6 is 24.0 Å². The van der Waals surface area contributed by atoms with Crippen LogP contribution in [-0.4, -0.2) is 61.8 Å². The minimum atomic E-state index is 0. The van der Waals surface area contributed by atoms with E-state index in [1.165, 1.54) is 38.9 Å². The fourth-order valence-corrected chi connectivity index (χ4v) is 5.03. The van der Waals surface area contributed by atoms with E-state index < -0.39 is 0 Å². The van der Waals surface area contributed by atoms with Gasteiger partial charge in [-0.2, -0.15) is 0 Å². The molecule has 0 aromatic carbocycles. The van der Waals surface area contributed by atoms with Gasteiger partial charge in [0.15, 0.2) is 5.96 Å². The van der Waals surface area contributed by atoms with E-state index in [1.54, 1.807) is 0 Å². The van der Waals surface area contributed by atoms with Crippen molar-refractivity contribution in [3.8, 4) is 0 Å². The maximum Gasteiger partial charge on any atom is 0.191 e. The van der Waals surface area contributed by atoms with Gasteiger partial charge in [-0.15, -0.1) is 24.0 Å². The molecule has 3 fully saturated rings. The molecular formula is C20H39IN4O. The van der Waals surface area contributed by atoms with Crippen LogP contribution in [0.25, 0.3) is 0 Å². The second-order valence-electron chi connectivity index (χ2n) is 9.12. The number of rotatable bonds is 5. The minimum absolute atomic E-state index is 0. The van der Waals surface area contributed by atoms with Crippen LogP contribution < -0.4 is 10.6 Å². The van der Waals surface area contributed by atoms with Crippen molar-refractivity contribution in [2.75, 3.05) is 32.8 Å². The Labute approximate surface area is 177 Å². The van der Waals surface area contributed by atoms with Crippen LogP contribution in [0.4, 0.5) is 0 Å². The number of ether oxygens (including phenoxy) is 1. The fraction of sp³-hybridized carbons (Fsp3) is 0.950. The van der Waals surface area contributed by atoms with Gasteiger partial charge < -0.3 is 20.3 Å². The second kappa shape index (κ2) is 9.41. The zero-order valence-electron chi connectivity index (χ0n) is 17.3. The number of aliphatic imine (C=N–C) groups is 1. The second-order valence-corrected chi connectivity index (χ2v) is 9.12. The summed E-state index contributed by atoms with van der Waals surface area (Å²) in [5.74, 6) is 2.41. The van der Waals surface area contributed by atoms with Gasteiger partial charge >= 0.3 is 0 Å². The molecular weight excluding hydrogens is 439 g/mol. The van der Waals surface area contributed by atoms with E-state index in [2.05, 4.69) is 50.2 Å². The van der Waals surface area contributed by atoms with Crippen molar-refractivity contribution in [2.45, 2.75) is 72.1 Å². The van der Waals surface area contributed by atoms with Gasteiger partial charge in [0.1, 0.15) is 0 Å². The standard InChI is InChI=1S/C20H38N4O.HI/c1-6-21-19(22-15-7-10-24(11-8-15)13-14(2)3)23-17-16-9-12-25-18(16)20(17,4)5;/h14-18H,6-13H2,1-5H3,(H2,21,22,23);1H. The topological polar surface area (TPSA) is 48.9 Å². The first kappa shape index (κ1) is 22.2. The first-order chi connectivity index (χ1) is 11.9. The first-order valence-corrected chi connectivity index (χ1v) is 10.3. The molecule has 5 nitrogen and oxygen atoms in total. The smallest absolute Gasteiger partial charge is 0.191 e. The van der Waals surface area contributed by atoms with Gasteiger partial charge in [0.2, 0.25) is 0 Å². The molecule has 2 saturated heterocycles. The summed E-state index contributed by atoms with van der Waals surface area (Å²) in [5, 5.41) is 7.47. The number of piperidine rings is 1. The average Bonchev–Trinajstić information content (AvgIpc) is 3.01. The molecule has 2 heterocycles. The van der Waals surface area contributed by atoms with Gasteiger partial charge in [0.25, 0.3) is 0 Å². The SMILES string of the molecule is CCN=C(NC1CCN(CC(C)C)CC1)NC1C2CCOC2C1(C)C.I. The Balaban J connectivity index is 0.00000243. The molecule has 2 N–H and O–H groups in total. The Kier molecular flexibility index (Phi) is 8.04. The summed E-state index contributed by atoms with van der Waals surface area (Å²) in [4.78, 5) is 7.33. The summed E-state index contributed by atoms with van der Waals surface area (Å²) < 4.78 is 5.93. The third-order valence-corrected chi connectivity index (χ3v) is 6.26. The largest absolute Gasteiger partial charge is 0.377 e. The summed E-state index contributed by atoms with van der Waals surface area (Å²) >= 11 is 0. The third-order valence-electron chi connectivity index (χ3n) is 6.26. The highest BCUT2D eigenvalue weighted by Gasteiger charge is 2.59. The molecule has 0 aromatic heterocycles. The van der Waals surface area contributed by atoms with E-state index in [4.69, 9.17) is 9.73 Å². The van der Waals surface area contributed by atoms with Gasteiger partial charge in [-0.3, -0.25) is 4.99 Å². The highest BCUT2D eigenvalue weighted by molar-refractivity contribution is 14.0. The van der Waals surface area contributed by atoms with Gasteiger partial charge in [0.05, 0.1) is 6.10 Å². The minimum Gasteiger partial charge on any atom is -0.377 e. The zero-order chi connectivity index (χ0) is 18.0. The van der Waals surface area contributed by atoms with E-state index in [0.717, 1.165) is 25.0 Å². The van der Waals surface area contributed by atoms with Crippen LogP contribution in [0, 0.1) is 17.3 Å². The van der Waals surface area contributed by atoms with Crippen molar-refractivity contribution in [1.82, 2.24) is 15.5 Å². The lowest BCUT2D eigenvalue weighted by Crippen LogP contribution is -2.68. The number of nitrogens with zero attached hydrogens (tertiary/aromatic N) is 2. The zero-order valence-corrected chi connectivity index (χ0v) is 19.6. The molecule has 1 aliphatic carbocycles. The summed E-state index contributed by atoms with van der Waals surface area (Å²) in [6.45, 7) is 16.7. The molecule has 0 spiro atoms. The predicted octanol–water partition coefficient (Wildman–Crippen LogP) is 3.09. The molecule has 6 heteroatoms. The van der Waals surface area contributed by atoms with Crippen LogP contribution in [0.15, 0.2) is 4.99 Å². The van der Waals surface area contributed by atoms with Crippen LogP contribution in [-0.2, 0) is 4.74 Å². The first-order valence-electron chi connectivity index (χ1n) is 10.3. The number of guanidine groups is 1. The maximum absolute atomic E-state index is 5.93. The maximum atomic E-state index is 5.93. The fourth-order valence-electron chi connectivity index (χ4n) is 5.03. The highest BCUT2D eigenvalue weighted by Crippen LogP contribution is 2.52. The lowest BCUT2D eigenvalue weighted by Gasteiger charge is -2.55. The van der Waals surface area contributed by atoms with Crippen molar-refractivity contribution in [1.29, 1.82) is 0 Å². The van der Waals surface area contributed by atoms with Gasteiger partial charge in [-0.1, -0.05) is 27.7 Å². The Hall–Kier alpha value is -0.0800. The third kappa shape index (κ3) is 4.85. The predicted molar refractivity (Wildman–Crippen MR) is 119 cm³/mol. The van der Waals surface area contributed by atoms with Crippen molar-refractivity contribution in [2.24, 2.45) is 22.2 Å². The number of hydrogen-bond acceptors (Lipinski definition) is 3. The highest BCUT2D eigenvalue weighted by atomic mass is 127. The normalized spacial score (nSPS) is 31.9. The van der Waals surface area contributed by atoms with Crippen molar-refractivity contribution in [3.63, 3.8) is 0 Å². The average molecular weight is 478 g/mol. The van der Waals surface area contributed by atoms with Crippen LogP contribution in [0.1, 0.15) is 53.9 Å². The monoisotopic (exact) mass is 478 g/mol. The summed E-state index contributed by atoms with van der Waals surface area (Å²) in [5.41, 5.74) is 0.192. The quantitative estimate of drug-likeness (QED) is 0.362. The van der Waals surface area contributed by atoms with Crippen LogP contribution in [0.5, 0.6) is 0 Å². The van der Waals surface area contributed by atoms with Crippen molar-refractivity contribution >= 4 is 29.9 Å². The molecule has 3 atom stereocenters. The lowest BCUT2D eigenvalue weighted by molar-refractivity contribution is -0.106. The van der Waals surface area contributed by atoms with E-state index in [0.29, 0.717) is 24.1 Å². The number of halogens is 1. The van der Waals surface area contributed by atoms with Gasteiger partial charge in [0, 0.05) is 56.2 Å². The Morgan fingerprint density at radius 1 is 1.19 bits per heavy atom. The number of hydrogen-bond donors (Lipinski definition) is 2. The Morgan fingerprint density at radius 3 is 2.50 bits per heavy atom. The lowest BCUT2D eigenvalue weighted by atomic mass is 9.57. The molecule has 26 heavy (non-hydrogen) atoms. The van der Waals surface area contributed by atoms with E-state index in [1.807, 2.05) is 0 Å². The molecule has 2 aliphatic heterocycles. The van der Waals surface area contributed by atoms with Crippen molar-refractivity contribution < 1.29 is 4.74 Å². The molecule has 0 amide bonds. The number of nitrogens with one attached hydrogen (secondary N) is 2. The van der Waals surface area contributed by atoms with E-state index in [9.17, 15) is 0 Å². The number of fused-ring (bicyclic) bond motifs is 1. The summed E-state index contributed by atoms with van der Waals surface area (Å²) in [6, 6.07) is 1.01.